The van der Waals surface area contributed by atoms with Gasteiger partial charge in [0.2, 0.25) is 5.82 Å². The first-order valence-corrected chi connectivity index (χ1v) is 15.5. The van der Waals surface area contributed by atoms with Crippen LogP contribution in [-0.2, 0) is 17.8 Å². The number of likely N-dealkylation sites (N-methyl/N-ethyl adjacent to an activating group) is 1. The fourth-order valence-corrected chi connectivity index (χ4v) is 6.39. The van der Waals surface area contributed by atoms with Gasteiger partial charge >= 0.3 is 12.2 Å². The average molecular weight is 672 g/mol. The Hall–Kier alpha value is -4.71. The zero-order chi connectivity index (χ0) is 33.8. The molecule has 0 aliphatic carbocycles. The van der Waals surface area contributed by atoms with E-state index in [1.54, 1.807) is 36.1 Å². The zero-order valence-corrected chi connectivity index (χ0v) is 26.2. The van der Waals surface area contributed by atoms with Gasteiger partial charge in [0.05, 0.1) is 18.7 Å². The smallest absolute Gasteiger partial charge is 0.408 e. The van der Waals surface area contributed by atoms with Crippen molar-refractivity contribution in [3.63, 3.8) is 0 Å². The minimum atomic E-state index is -1.38. The third-order valence-corrected chi connectivity index (χ3v) is 8.89. The van der Waals surface area contributed by atoms with Gasteiger partial charge in [0.15, 0.2) is 17.4 Å². The van der Waals surface area contributed by atoms with Crippen LogP contribution in [0, 0.1) is 17.5 Å². The van der Waals surface area contributed by atoms with Crippen molar-refractivity contribution in [3.8, 4) is 5.75 Å². The van der Waals surface area contributed by atoms with Gasteiger partial charge in [0.1, 0.15) is 0 Å². The predicted octanol–water partition coefficient (Wildman–Crippen LogP) is 6.69. The number of ether oxygens (including phenoxy) is 1. The summed E-state index contributed by atoms with van der Waals surface area (Å²) in [6.45, 7) is 1.96. The second-order valence-electron chi connectivity index (χ2n) is 11.4. The Morgan fingerprint density at radius 1 is 0.957 bits per heavy atom. The number of hydrogen-bond donors (Lipinski definition) is 2. The topological polar surface area (TPSA) is 111 Å². The lowest BCUT2D eigenvalue weighted by Crippen LogP contribution is -2.64. The average Bonchev–Trinajstić information content (AvgIpc) is 3.05. The van der Waals surface area contributed by atoms with Crippen molar-refractivity contribution in [3.05, 3.63) is 105 Å². The molecule has 2 heterocycles. The molecule has 9 nitrogen and oxygen atoms in total. The summed E-state index contributed by atoms with van der Waals surface area (Å²) in [5.41, 5.74) is 3.11. The summed E-state index contributed by atoms with van der Waals surface area (Å²) in [4.78, 5) is 42.7. The van der Waals surface area contributed by atoms with Gasteiger partial charge in [0.25, 0.3) is 5.91 Å². The number of rotatable bonds is 10. The molecule has 0 spiro atoms. The lowest BCUT2D eigenvalue weighted by molar-refractivity contribution is -0.128. The summed E-state index contributed by atoms with van der Waals surface area (Å²) in [6, 6.07) is 14.1. The van der Waals surface area contributed by atoms with Crippen LogP contribution >= 0.6 is 11.6 Å². The molecule has 3 amide bonds. The van der Waals surface area contributed by atoms with E-state index in [2.05, 4.69) is 0 Å². The van der Waals surface area contributed by atoms with Gasteiger partial charge in [-0.2, -0.15) is 4.39 Å². The first-order valence-electron chi connectivity index (χ1n) is 15.1. The van der Waals surface area contributed by atoms with Gasteiger partial charge in [-0.25, -0.2) is 18.4 Å². The first kappa shape index (κ1) is 33.6. The van der Waals surface area contributed by atoms with Gasteiger partial charge in [0, 0.05) is 36.8 Å². The molecule has 2 unspecified atom stereocenters. The van der Waals surface area contributed by atoms with Crippen molar-refractivity contribution < 1.29 is 42.5 Å². The third-order valence-electron chi connectivity index (χ3n) is 8.52. The molecule has 0 saturated carbocycles. The molecule has 0 radical (unpaired) electrons. The minimum Gasteiger partial charge on any atom is -0.488 e. The van der Waals surface area contributed by atoms with Crippen LogP contribution in [0.4, 0.5) is 22.8 Å². The number of piperazine rings is 1. The van der Waals surface area contributed by atoms with E-state index in [9.17, 15) is 37.8 Å². The zero-order valence-electron chi connectivity index (χ0n) is 25.5. The van der Waals surface area contributed by atoms with Crippen molar-refractivity contribution in [2.45, 2.75) is 44.8 Å². The van der Waals surface area contributed by atoms with E-state index in [-0.39, 0.29) is 44.8 Å². The van der Waals surface area contributed by atoms with E-state index in [0.29, 0.717) is 40.6 Å². The molecule has 47 heavy (non-hydrogen) atoms. The summed E-state index contributed by atoms with van der Waals surface area (Å²) in [5.74, 6) is -4.76. The van der Waals surface area contributed by atoms with Crippen LogP contribution in [0.5, 0.6) is 5.75 Å². The van der Waals surface area contributed by atoms with Gasteiger partial charge in [-0.05, 0) is 66.6 Å². The van der Waals surface area contributed by atoms with Crippen molar-refractivity contribution in [2.24, 2.45) is 0 Å². The molecule has 1 saturated heterocycles. The maximum Gasteiger partial charge on any atom is 0.408 e. The third kappa shape index (κ3) is 7.17. The van der Waals surface area contributed by atoms with Crippen LogP contribution in [0.1, 0.15) is 36.5 Å². The second-order valence-corrected chi connectivity index (χ2v) is 11.8. The summed E-state index contributed by atoms with van der Waals surface area (Å²) >= 11 is 6.39. The Morgan fingerprint density at radius 2 is 1.66 bits per heavy atom. The normalized spacial score (nSPS) is 17.5. The molecule has 3 aromatic carbocycles. The Labute approximate surface area is 274 Å². The van der Waals surface area contributed by atoms with E-state index in [1.807, 2.05) is 24.3 Å². The molecule has 2 aliphatic heterocycles. The SMILES string of the molecule is CCN(Cc1ccccc1Cl)C(=O)C1=C(c2ccc(CCCOc3c(F)ccc(F)c3F)cc2)CC2CN(C(=O)O)CC1N2C(=O)O. The highest BCUT2D eigenvalue weighted by Gasteiger charge is 2.48. The molecule has 0 aromatic heterocycles. The van der Waals surface area contributed by atoms with Gasteiger partial charge < -0.3 is 24.7 Å². The van der Waals surface area contributed by atoms with E-state index >= 15 is 0 Å². The Kier molecular flexibility index (Phi) is 10.3. The summed E-state index contributed by atoms with van der Waals surface area (Å²) in [6.07, 6.45) is -1.47. The number of nitrogens with zero attached hydrogens (tertiary/aromatic N) is 3. The van der Waals surface area contributed by atoms with E-state index in [0.717, 1.165) is 16.5 Å². The molecule has 1 fully saturated rings. The fourth-order valence-electron chi connectivity index (χ4n) is 6.19. The second kappa shape index (κ2) is 14.4. The number of fused-ring (bicyclic) bond motifs is 2. The quantitative estimate of drug-likeness (QED) is 0.184. The maximum atomic E-state index is 14.3. The molecular weight excluding hydrogens is 639 g/mol. The first-order chi connectivity index (χ1) is 22.5. The molecule has 2 atom stereocenters. The van der Waals surface area contributed by atoms with Crippen LogP contribution in [0.15, 0.2) is 66.2 Å². The van der Waals surface area contributed by atoms with Gasteiger partial charge in [-0.3, -0.25) is 9.69 Å². The molecule has 2 aliphatic rings. The Morgan fingerprint density at radius 3 is 2.32 bits per heavy atom. The maximum absolute atomic E-state index is 14.3. The molecule has 2 N–H and O–H groups in total. The number of carbonyl (C=O) groups is 3. The number of aryl methyl sites for hydroxylation is 1. The Balaban J connectivity index is 1.43. The van der Waals surface area contributed by atoms with E-state index < -0.39 is 53.4 Å². The predicted molar refractivity (Wildman–Crippen MR) is 168 cm³/mol. The molecule has 13 heteroatoms. The van der Waals surface area contributed by atoms with E-state index in [1.165, 1.54) is 4.90 Å². The van der Waals surface area contributed by atoms with Crippen LogP contribution in [0.2, 0.25) is 5.02 Å². The lowest BCUT2D eigenvalue weighted by atomic mass is 9.81. The fraction of sp³-hybridized carbons (Fsp3) is 0.324. The molecule has 3 aromatic rings. The lowest BCUT2D eigenvalue weighted by Gasteiger charge is -2.49. The number of amides is 3. The van der Waals surface area contributed by atoms with Crippen LogP contribution in [0.25, 0.3) is 5.57 Å². The summed E-state index contributed by atoms with van der Waals surface area (Å²) < 4.78 is 46.4. The number of benzene rings is 3. The van der Waals surface area contributed by atoms with Gasteiger partial charge in [-0.15, -0.1) is 0 Å². The highest BCUT2D eigenvalue weighted by molar-refractivity contribution is 6.31. The van der Waals surface area contributed by atoms with Gasteiger partial charge in [-0.1, -0.05) is 54.1 Å². The van der Waals surface area contributed by atoms with Crippen molar-refractivity contribution in [2.75, 3.05) is 26.2 Å². The van der Waals surface area contributed by atoms with E-state index in [4.69, 9.17) is 16.3 Å². The van der Waals surface area contributed by atoms with Crippen molar-refractivity contribution in [1.29, 1.82) is 0 Å². The molecular formula is C34H33ClF3N3O6. The molecule has 2 bridgehead atoms. The monoisotopic (exact) mass is 671 g/mol. The van der Waals surface area contributed by atoms with Crippen molar-refractivity contribution in [1.82, 2.24) is 14.7 Å². The van der Waals surface area contributed by atoms with Crippen molar-refractivity contribution >= 4 is 35.3 Å². The van der Waals surface area contributed by atoms with Crippen LogP contribution in [0.3, 0.4) is 0 Å². The number of hydrogen-bond acceptors (Lipinski definition) is 4. The van der Waals surface area contributed by atoms with Crippen LogP contribution in [-0.4, -0.2) is 81.3 Å². The minimum absolute atomic E-state index is 0.0369. The number of halogens is 4. The summed E-state index contributed by atoms with van der Waals surface area (Å²) in [5, 5.41) is 20.5. The van der Waals surface area contributed by atoms with Crippen LogP contribution < -0.4 is 4.74 Å². The summed E-state index contributed by atoms with van der Waals surface area (Å²) in [7, 11) is 0. The standard InChI is InChI=1S/C34H33ClF3N3O6/c1-2-39(17-22-7-3-4-8-25(22)35)32(42)29-24(16-23-18-40(33(43)44)19-28(29)41(23)34(45)46)21-11-9-20(10-12-21)6-5-15-47-31-27(37)14-13-26(36)30(31)38/h3-4,7-14,23,28H,2,5-6,15-19H2,1H3,(H,43,44)(H,45,46). The molecule has 5 rings (SSSR count). The molecule has 248 valence electrons. The largest absolute Gasteiger partial charge is 0.488 e. The number of carbonyl (C=O) groups excluding carboxylic acids is 1. The highest BCUT2D eigenvalue weighted by atomic mass is 35.5. The highest BCUT2D eigenvalue weighted by Crippen LogP contribution is 2.39. The Bertz CT molecular complexity index is 1700. The number of carboxylic acid groups (broad SMARTS) is 2.